The molecule has 0 amide bonds. The zero-order valence-corrected chi connectivity index (χ0v) is 21.8. The molecule has 2 N–H and O–H groups in total. The van der Waals surface area contributed by atoms with Gasteiger partial charge in [0.1, 0.15) is 11.1 Å². The molecule has 0 aromatic heterocycles. The van der Waals surface area contributed by atoms with Crippen LogP contribution in [-0.4, -0.2) is 29.7 Å². The van der Waals surface area contributed by atoms with Crippen molar-refractivity contribution in [2.24, 2.45) is 0 Å². The van der Waals surface area contributed by atoms with E-state index in [2.05, 4.69) is 5.32 Å². The number of aliphatic hydroxyl groups is 1. The fourth-order valence-electron chi connectivity index (χ4n) is 4.48. The molecule has 0 heterocycles. The lowest BCUT2D eigenvalue weighted by Gasteiger charge is -2.33. The molecule has 4 aromatic rings. The maximum atomic E-state index is 13.7. The van der Waals surface area contributed by atoms with Crippen LogP contribution in [-0.2, 0) is 14.9 Å². The summed E-state index contributed by atoms with van der Waals surface area (Å²) in [7, 11) is 1.28. The minimum absolute atomic E-state index is 0.00141. The van der Waals surface area contributed by atoms with E-state index in [-0.39, 0.29) is 17.9 Å². The van der Waals surface area contributed by atoms with Crippen molar-refractivity contribution in [3.63, 3.8) is 0 Å². The summed E-state index contributed by atoms with van der Waals surface area (Å²) >= 11 is 12.3. The number of nitro benzene ring substituents is 1. The smallest absolute Gasteiger partial charge is 0.325 e. The number of carbonyl (C=O) groups is 1. The van der Waals surface area contributed by atoms with E-state index in [1.807, 2.05) is 6.07 Å². The third-order valence-electron chi connectivity index (χ3n) is 6.34. The summed E-state index contributed by atoms with van der Waals surface area (Å²) in [5.41, 5.74) is 0.577. The third kappa shape index (κ3) is 5.36. The molecule has 1 atom stereocenters. The first-order chi connectivity index (χ1) is 18.3. The number of hydrogen-bond acceptors (Lipinski definition) is 6. The van der Waals surface area contributed by atoms with Gasteiger partial charge in [-0.05, 0) is 52.6 Å². The molecule has 0 aliphatic heterocycles. The Hall–Kier alpha value is -3.91. The van der Waals surface area contributed by atoms with Crippen molar-refractivity contribution in [1.29, 1.82) is 0 Å². The standard InChI is InChI=1S/C29H24Cl2N2O5/c1-38-28(35)29(20-7-12-23(30)13-8-20,21-9-14-24(31)15-10-21)22-11-16-26(33(36)37)25(17-22)32-18-27(34)19-5-3-2-4-6-19/h2-17,27,32,34H,18H2,1H3. The lowest BCUT2D eigenvalue weighted by Crippen LogP contribution is -2.39. The Morgan fingerprint density at radius 3 is 1.95 bits per heavy atom. The van der Waals surface area contributed by atoms with Crippen molar-refractivity contribution in [3.05, 3.63) is 139 Å². The van der Waals surface area contributed by atoms with Gasteiger partial charge in [0.05, 0.1) is 18.1 Å². The molecule has 0 saturated heterocycles. The Kier molecular flexibility index (Phi) is 8.32. The first-order valence-electron chi connectivity index (χ1n) is 11.6. The molecular formula is C29H24Cl2N2O5. The van der Waals surface area contributed by atoms with Crippen LogP contribution in [0, 0.1) is 10.1 Å². The summed E-state index contributed by atoms with van der Waals surface area (Å²) in [6, 6.07) is 26.8. The quantitative estimate of drug-likeness (QED) is 0.106. The molecule has 0 fully saturated rings. The number of nitro groups is 1. The number of esters is 1. The Morgan fingerprint density at radius 2 is 1.45 bits per heavy atom. The minimum Gasteiger partial charge on any atom is -0.468 e. The van der Waals surface area contributed by atoms with Crippen molar-refractivity contribution in [2.75, 3.05) is 19.0 Å². The van der Waals surface area contributed by atoms with Gasteiger partial charge in [-0.2, -0.15) is 0 Å². The maximum Gasteiger partial charge on any atom is 0.325 e. The van der Waals surface area contributed by atoms with Crippen LogP contribution in [0.1, 0.15) is 28.4 Å². The molecule has 0 spiro atoms. The van der Waals surface area contributed by atoms with Gasteiger partial charge in [-0.25, -0.2) is 0 Å². The van der Waals surface area contributed by atoms with Crippen LogP contribution in [0.3, 0.4) is 0 Å². The SMILES string of the molecule is COC(=O)C(c1ccc(Cl)cc1)(c1ccc(Cl)cc1)c1ccc([N+](=O)[O-])c(NCC(O)c2ccccc2)c1. The number of nitrogens with zero attached hydrogens (tertiary/aromatic N) is 1. The van der Waals surface area contributed by atoms with Gasteiger partial charge in [0.2, 0.25) is 0 Å². The largest absolute Gasteiger partial charge is 0.468 e. The summed E-state index contributed by atoms with van der Waals surface area (Å²) in [6.45, 7) is 0.00141. The van der Waals surface area contributed by atoms with Crippen LogP contribution in [0.5, 0.6) is 0 Å². The van der Waals surface area contributed by atoms with Crippen LogP contribution < -0.4 is 5.32 Å². The Balaban J connectivity index is 1.89. The number of rotatable bonds is 9. The van der Waals surface area contributed by atoms with E-state index in [9.17, 15) is 20.0 Å². The Labute approximate surface area is 229 Å². The third-order valence-corrected chi connectivity index (χ3v) is 6.85. The number of aliphatic hydroxyl groups excluding tert-OH is 1. The monoisotopic (exact) mass is 550 g/mol. The molecular weight excluding hydrogens is 527 g/mol. The van der Waals surface area contributed by atoms with Crippen molar-refractivity contribution in [1.82, 2.24) is 0 Å². The summed E-state index contributed by atoms with van der Waals surface area (Å²) in [5.74, 6) is -0.605. The molecule has 0 aliphatic rings. The number of hydrogen-bond donors (Lipinski definition) is 2. The van der Waals surface area contributed by atoms with Gasteiger partial charge in [0.15, 0.2) is 0 Å². The molecule has 4 aromatic carbocycles. The van der Waals surface area contributed by atoms with E-state index in [0.29, 0.717) is 32.3 Å². The second-order valence-corrected chi connectivity index (χ2v) is 9.42. The molecule has 7 nitrogen and oxygen atoms in total. The zero-order valence-electron chi connectivity index (χ0n) is 20.3. The van der Waals surface area contributed by atoms with Crippen molar-refractivity contribution in [3.8, 4) is 0 Å². The molecule has 1 unspecified atom stereocenters. The molecule has 4 rings (SSSR count). The highest BCUT2D eigenvalue weighted by molar-refractivity contribution is 6.30. The minimum atomic E-state index is -1.51. The highest BCUT2D eigenvalue weighted by Crippen LogP contribution is 2.43. The Bertz CT molecular complexity index is 1380. The van der Waals surface area contributed by atoms with E-state index in [0.717, 1.165) is 0 Å². The van der Waals surface area contributed by atoms with Crippen molar-refractivity contribution < 1.29 is 19.6 Å². The number of halogens is 2. The van der Waals surface area contributed by atoms with Crippen LogP contribution >= 0.6 is 23.2 Å². The van der Waals surface area contributed by atoms with Crippen LogP contribution in [0.25, 0.3) is 0 Å². The average Bonchev–Trinajstić information content (AvgIpc) is 2.94. The summed E-state index contributed by atoms with van der Waals surface area (Å²) in [6.07, 6.45) is -0.919. The second-order valence-electron chi connectivity index (χ2n) is 8.55. The topological polar surface area (TPSA) is 102 Å². The summed E-state index contributed by atoms with van der Waals surface area (Å²) in [5, 5.41) is 26.5. The lowest BCUT2D eigenvalue weighted by molar-refractivity contribution is -0.384. The van der Waals surface area contributed by atoms with E-state index in [1.54, 1.807) is 72.8 Å². The van der Waals surface area contributed by atoms with Gasteiger partial charge in [-0.15, -0.1) is 0 Å². The Morgan fingerprint density at radius 1 is 0.921 bits per heavy atom. The van der Waals surface area contributed by atoms with Gasteiger partial charge in [-0.3, -0.25) is 14.9 Å². The number of methoxy groups -OCH3 is 1. The van der Waals surface area contributed by atoms with Crippen molar-refractivity contribution in [2.45, 2.75) is 11.5 Å². The predicted octanol–water partition coefficient (Wildman–Crippen LogP) is 6.55. The molecule has 0 aliphatic carbocycles. The molecule has 194 valence electrons. The van der Waals surface area contributed by atoms with Crippen LogP contribution in [0.15, 0.2) is 97.1 Å². The van der Waals surface area contributed by atoms with Gasteiger partial charge in [0.25, 0.3) is 5.69 Å². The van der Waals surface area contributed by atoms with Crippen molar-refractivity contribution >= 4 is 40.5 Å². The number of nitrogens with one attached hydrogen (secondary N) is 1. The fraction of sp³-hybridized carbons (Fsp3) is 0.138. The average molecular weight is 551 g/mol. The number of benzene rings is 4. The summed E-state index contributed by atoms with van der Waals surface area (Å²) < 4.78 is 5.31. The highest BCUT2D eigenvalue weighted by Gasteiger charge is 2.46. The molecule has 0 saturated carbocycles. The van der Waals surface area contributed by atoms with Gasteiger partial charge < -0.3 is 15.2 Å². The second kappa shape index (κ2) is 11.6. The van der Waals surface area contributed by atoms with E-state index >= 15 is 0 Å². The molecule has 38 heavy (non-hydrogen) atoms. The normalized spacial score (nSPS) is 12.0. The zero-order chi connectivity index (χ0) is 27.3. The first-order valence-corrected chi connectivity index (χ1v) is 12.4. The van der Waals surface area contributed by atoms with Gasteiger partial charge in [-0.1, -0.05) is 83.9 Å². The lowest BCUT2D eigenvalue weighted by atomic mass is 9.69. The fourth-order valence-corrected chi connectivity index (χ4v) is 4.73. The molecule has 0 radical (unpaired) electrons. The van der Waals surface area contributed by atoms with E-state index in [4.69, 9.17) is 27.9 Å². The first kappa shape index (κ1) is 27.1. The number of ether oxygens (including phenoxy) is 1. The van der Waals surface area contributed by atoms with Crippen LogP contribution in [0.4, 0.5) is 11.4 Å². The predicted molar refractivity (Wildman–Crippen MR) is 148 cm³/mol. The van der Waals surface area contributed by atoms with E-state index < -0.39 is 22.4 Å². The van der Waals surface area contributed by atoms with Crippen LogP contribution in [0.2, 0.25) is 10.0 Å². The highest BCUT2D eigenvalue weighted by atomic mass is 35.5. The number of anilines is 1. The number of carbonyl (C=O) groups excluding carboxylic acids is 1. The van der Waals surface area contributed by atoms with Gasteiger partial charge in [0, 0.05) is 22.7 Å². The van der Waals surface area contributed by atoms with Gasteiger partial charge >= 0.3 is 5.97 Å². The maximum absolute atomic E-state index is 13.7. The molecule has 9 heteroatoms. The van der Waals surface area contributed by atoms with E-state index in [1.165, 1.54) is 25.3 Å². The summed E-state index contributed by atoms with van der Waals surface area (Å²) in [4.78, 5) is 25.1. The molecule has 0 bridgehead atoms.